The van der Waals surface area contributed by atoms with Crippen LogP contribution in [0.5, 0.6) is 0 Å². The van der Waals surface area contributed by atoms with E-state index in [0.29, 0.717) is 5.56 Å². The van der Waals surface area contributed by atoms with Crippen LogP contribution in [-0.4, -0.2) is 57.7 Å². The first-order valence-electron chi connectivity index (χ1n) is 6.70. The summed E-state index contributed by atoms with van der Waals surface area (Å²) in [5.74, 6) is 0.0197. The average molecular weight is 308 g/mol. The summed E-state index contributed by atoms with van der Waals surface area (Å²) in [6.07, 6.45) is -3.69. The standard InChI is InChI=1S/C14H16N2O6/c1-20-12-10(18)14(19,9(7-17)21-12)13-15-11(22-16-13)8-5-3-2-4-6-8/h2-6,9-10,12,17-19H,7H2,1H3/t9-,10+,12+,14+/m1/s1. The molecular formula is C14H16N2O6. The first-order valence-corrected chi connectivity index (χ1v) is 6.70. The van der Waals surface area contributed by atoms with Gasteiger partial charge in [0.1, 0.15) is 12.2 Å². The number of benzene rings is 1. The fourth-order valence-electron chi connectivity index (χ4n) is 2.47. The fourth-order valence-corrected chi connectivity index (χ4v) is 2.47. The topological polar surface area (TPSA) is 118 Å². The molecule has 1 aliphatic rings. The van der Waals surface area contributed by atoms with Gasteiger partial charge in [-0.25, -0.2) is 0 Å². The predicted molar refractivity (Wildman–Crippen MR) is 72.4 cm³/mol. The third kappa shape index (κ3) is 2.21. The molecule has 0 aliphatic carbocycles. The Balaban J connectivity index is 1.97. The largest absolute Gasteiger partial charge is 0.394 e. The van der Waals surface area contributed by atoms with Gasteiger partial charge in [0.15, 0.2) is 11.9 Å². The van der Waals surface area contributed by atoms with Gasteiger partial charge in [-0.1, -0.05) is 23.4 Å². The van der Waals surface area contributed by atoms with E-state index in [1.807, 2.05) is 6.07 Å². The van der Waals surface area contributed by atoms with Crippen LogP contribution in [0.1, 0.15) is 5.82 Å². The molecule has 1 aromatic carbocycles. The van der Waals surface area contributed by atoms with E-state index in [9.17, 15) is 15.3 Å². The lowest BCUT2D eigenvalue weighted by molar-refractivity contribution is -0.153. The van der Waals surface area contributed by atoms with Gasteiger partial charge >= 0.3 is 0 Å². The lowest BCUT2D eigenvalue weighted by Crippen LogP contribution is -2.47. The summed E-state index contributed by atoms with van der Waals surface area (Å²) in [6.45, 7) is -0.539. The SMILES string of the molecule is CO[C@H]1O[C@H](CO)[C@@](O)(c2noc(-c3ccccc3)n2)[C@H]1O. The van der Waals surface area contributed by atoms with Crippen molar-refractivity contribution in [1.82, 2.24) is 10.1 Å². The second-order valence-electron chi connectivity index (χ2n) is 4.97. The van der Waals surface area contributed by atoms with E-state index in [1.54, 1.807) is 24.3 Å². The van der Waals surface area contributed by atoms with Crippen molar-refractivity contribution in [2.75, 3.05) is 13.7 Å². The van der Waals surface area contributed by atoms with Crippen LogP contribution in [0.15, 0.2) is 34.9 Å². The molecule has 0 saturated carbocycles. The summed E-state index contributed by atoms with van der Waals surface area (Å²) in [5, 5.41) is 34.1. The highest BCUT2D eigenvalue weighted by Crippen LogP contribution is 2.39. The van der Waals surface area contributed by atoms with Gasteiger partial charge in [0, 0.05) is 12.7 Å². The number of hydrogen-bond acceptors (Lipinski definition) is 8. The Kier molecular flexibility index (Phi) is 3.94. The predicted octanol–water partition coefficient (Wildman–Crippen LogP) is -0.351. The molecule has 1 saturated heterocycles. The molecule has 0 unspecified atom stereocenters. The summed E-state index contributed by atoms with van der Waals surface area (Å²) in [4.78, 5) is 4.12. The van der Waals surface area contributed by atoms with Gasteiger partial charge in [0.2, 0.25) is 5.82 Å². The molecule has 1 fully saturated rings. The van der Waals surface area contributed by atoms with E-state index in [0.717, 1.165) is 0 Å². The van der Waals surface area contributed by atoms with Crippen molar-refractivity contribution in [3.63, 3.8) is 0 Å². The zero-order valence-electron chi connectivity index (χ0n) is 11.8. The second-order valence-corrected chi connectivity index (χ2v) is 4.97. The van der Waals surface area contributed by atoms with Crippen molar-refractivity contribution < 1.29 is 29.3 Å². The summed E-state index contributed by atoms with van der Waals surface area (Å²) >= 11 is 0. The van der Waals surface area contributed by atoms with Crippen molar-refractivity contribution in [1.29, 1.82) is 0 Å². The molecule has 0 amide bonds. The highest BCUT2D eigenvalue weighted by molar-refractivity contribution is 5.52. The number of aliphatic hydroxyl groups is 3. The van der Waals surface area contributed by atoms with Gasteiger partial charge in [-0.3, -0.25) is 0 Å². The fraction of sp³-hybridized carbons (Fsp3) is 0.429. The van der Waals surface area contributed by atoms with Crippen molar-refractivity contribution in [3.8, 4) is 11.5 Å². The van der Waals surface area contributed by atoms with Crippen molar-refractivity contribution in [2.24, 2.45) is 0 Å². The van der Waals surface area contributed by atoms with Gasteiger partial charge in [0.05, 0.1) is 6.61 Å². The van der Waals surface area contributed by atoms with Gasteiger partial charge in [0.25, 0.3) is 5.89 Å². The van der Waals surface area contributed by atoms with Crippen LogP contribution >= 0.6 is 0 Å². The average Bonchev–Trinajstić information content (AvgIpc) is 3.14. The van der Waals surface area contributed by atoms with Crippen LogP contribution in [0.2, 0.25) is 0 Å². The Bertz CT molecular complexity index is 629. The molecule has 22 heavy (non-hydrogen) atoms. The van der Waals surface area contributed by atoms with Crippen LogP contribution < -0.4 is 0 Å². The van der Waals surface area contributed by atoms with E-state index >= 15 is 0 Å². The third-order valence-corrected chi connectivity index (χ3v) is 3.70. The Morgan fingerprint density at radius 3 is 2.68 bits per heavy atom. The quantitative estimate of drug-likeness (QED) is 0.701. The minimum Gasteiger partial charge on any atom is -0.394 e. The number of nitrogens with zero attached hydrogens (tertiary/aromatic N) is 2. The maximum absolute atomic E-state index is 10.8. The Hall–Kier alpha value is -1.84. The maximum Gasteiger partial charge on any atom is 0.258 e. The molecule has 2 aromatic rings. The molecule has 4 atom stereocenters. The van der Waals surface area contributed by atoms with Crippen molar-refractivity contribution in [3.05, 3.63) is 36.2 Å². The minimum absolute atomic E-state index is 0.169. The molecule has 118 valence electrons. The van der Waals surface area contributed by atoms with E-state index in [2.05, 4.69) is 10.1 Å². The van der Waals surface area contributed by atoms with Crippen LogP contribution in [0.4, 0.5) is 0 Å². The molecule has 0 radical (unpaired) electrons. The zero-order valence-corrected chi connectivity index (χ0v) is 11.8. The Morgan fingerprint density at radius 1 is 1.32 bits per heavy atom. The third-order valence-electron chi connectivity index (χ3n) is 3.70. The molecule has 8 nitrogen and oxygen atoms in total. The lowest BCUT2D eigenvalue weighted by Gasteiger charge is -2.25. The van der Waals surface area contributed by atoms with Crippen molar-refractivity contribution in [2.45, 2.75) is 24.1 Å². The number of methoxy groups -OCH3 is 1. The highest BCUT2D eigenvalue weighted by atomic mass is 16.7. The minimum atomic E-state index is -2.02. The van der Waals surface area contributed by atoms with Gasteiger partial charge in [-0.05, 0) is 12.1 Å². The highest BCUT2D eigenvalue weighted by Gasteiger charge is 2.59. The monoisotopic (exact) mass is 308 g/mol. The van der Waals surface area contributed by atoms with Crippen LogP contribution in [-0.2, 0) is 15.1 Å². The second kappa shape index (κ2) is 5.75. The molecule has 0 bridgehead atoms. The molecule has 3 N–H and O–H groups in total. The molecule has 1 aliphatic heterocycles. The summed E-state index contributed by atoms with van der Waals surface area (Å²) in [7, 11) is 1.32. The van der Waals surface area contributed by atoms with Crippen LogP contribution in [0.25, 0.3) is 11.5 Å². The number of ether oxygens (including phenoxy) is 2. The van der Waals surface area contributed by atoms with E-state index in [-0.39, 0.29) is 11.7 Å². The molecular weight excluding hydrogens is 292 g/mol. The lowest BCUT2D eigenvalue weighted by atomic mass is 9.92. The van der Waals surface area contributed by atoms with Crippen LogP contribution in [0, 0.1) is 0 Å². The first-order chi connectivity index (χ1) is 10.6. The molecule has 8 heteroatoms. The zero-order chi connectivity index (χ0) is 15.7. The smallest absolute Gasteiger partial charge is 0.258 e. The van der Waals surface area contributed by atoms with Gasteiger partial charge in [-0.2, -0.15) is 4.98 Å². The van der Waals surface area contributed by atoms with E-state index < -0.39 is 30.7 Å². The summed E-state index contributed by atoms with van der Waals surface area (Å²) in [6, 6.07) is 8.99. The normalized spacial score (nSPS) is 31.5. The molecule has 1 aromatic heterocycles. The molecule has 0 spiro atoms. The molecule has 3 rings (SSSR count). The number of aromatic nitrogens is 2. The number of hydrogen-bond donors (Lipinski definition) is 3. The maximum atomic E-state index is 10.8. The van der Waals surface area contributed by atoms with Gasteiger partial charge in [-0.15, -0.1) is 0 Å². The Morgan fingerprint density at radius 2 is 2.05 bits per heavy atom. The first kappa shape index (κ1) is 15.1. The summed E-state index contributed by atoms with van der Waals surface area (Å²) < 4.78 is 15.3. The number of rotatable bonds is 4. The van der Waals surface area contributed by atoms with Crippen LogP contribution in [0.3, 0.4) is 0 Å². The summed E-state index contributed by atoms with van der Waals surface area (Å²) in [5.41, 5.74) is -1.35. The van der Waals surface area contributed by atoms with Crippen molar-refractivity contribution >= 4 is 0 Å². The van der Waals surface area contributed by atoms with E-state index in [4.69, 9.17) is 14.0 Å². The van der Waals surface area contributed by atoms with Gasteiger partial charge < -0.3 is 29.3 Å². The Labute approximate surface area is 125 Å². The number of aliphatic hydroxyl groups excluding tert-OH is 2. The molecule has 2 heterocycles. The van der Waals surface area contributed by atoms with E-state index in [1.165, 1.54) is 7.11 Å².